The minimum absolute atomic E-state index is 0.281. The summed E-state index contributed by atoms with van der Waals surface area (Å²) in [5, 5.41) is 0. The Hall–Kier alpha value is -4.00. The van der Waals surface area contributed by atoms with Crippen molar-refractivity contribution in [2.75, 3.05) is 11.5 Å². The molecular formula is C28H25FN2O4. The predicted octanol–water partition coefficient (Wildman–Crippen LogP) is 5.07. The van der Waals surface area contributed by atoms with Gasteiger partial charge in [0.15, 0.2) is 0 Å². The van der Waals surface area contributed by atoms with E-state index in [2.05, 4.69) is 6.92 Å². The summed E-state index contributed by atoms with van der Waals surface area (Å²) < 4.78 is 20.1. The fraction of sp³-hybridized carbons (Fsp3) is 0.250. The normalized spacial score (nSPS) is 19.1. The van der Waals surface area contributed by atoms with Crippen LogP contribution in [0.15, 0.2) is 66.7 Å². The van der Waals surface area contributed by atoms with Gasteiger partial charge in [0, 0.05) is 5.69 Å². The van der Waals surface area contributed by atoms with Gasteiger partial charge < -0.3 is 9.64 Å². The Bertz CT molecular complexity index is 1290. The number of unbranched alkanes of at least 4 members (excludes halogenated alkanes) is 1. The van der Waals surface area contributed by atoms with Crippen LogP contribution < -0.4 is 9.64 Å². The van der Waals surface area contributed by atoms with Crippen LogP contribution >= 0.6 is 0 Å². The number of halogens is 1. The lowest BCUT2D eigenvalue weighted by molar-refractivity contribution is -0.130. The fourth-order valence-electron chi connectivity index (χ4n) is 4.63. The Morgan fingerprint density at radius 2 is 1.51 bits per heavy atom. The summed E-state index contributed by atoms with van der Waals surface area (Å²) in [6.45, 7) is 4.33. The SMILES string of the molecule is CCCCOc1ccc(C2C(N3C(=O)c4ccccc4C3=O)C(=O)N2c2ccc(C)c(F)c2)cc1. The van der Waals surface area contributed by atoms with Gasteiger partial charge in [0.1, 0.15) is 17.6 Å². The zero-order valence-electron chi connectivity index (χ0n) is 19.5. The summed E-state index contributed by atoms with van der Waals surface area (Å²) in [4.78, 5) is 42.3. The molecule has 2 heterocycles. The van der Waals surface area contributed by atoms with Gasteiger partial charge in [0.2, 0.25) is 0 Å². The summed E-state index contributed by atoms with van der Waals surface area (Å²) in [7, 11) is 0. The zero-order valence-corrected chi connectivity index (χ0v) is 19.5. The Balaban J connectivity index is 1.52. The smallest absolute Gasteiger partial charge is 0.262 e. The molecule has 3 aromatic rings. The van der Waals surface area contributed by atoms with Gasteiger partial charge in [0.05, 0.1) is 23.8 Å². The predicted molar refractivity (Wildman–Crippen MR) is 129 cm³/mol. The number of rotatable bonds is 7. The van der Waals surface area contributed by atoms with Crippen LogP contribution in [0.25, 0.3) is 0 Å². The van der Waals surface area contributed by atoms with E-state index in [9.17, 15) is 18.8 Å². The second-order valence-corrected chi connectivity index (χ2v) is 8.83. The highest BCUT2D eigenvalue weighted by atomic mass is 19.1. The number of anilines is 1. The van der Waals surface area contributed by atoms with Crippen molar-refractivity contribution in [3.8, 4) is 5.75 Å². The minimum Gasteiger partial charge on any atom is -0.494 e. The lowest BCUT2D eigenvalue weighted by Crippen LogP contribution is -2.67. The number of ether oxygens (including phenoxy) is 1. The zero-order chi connectivity index (χ0) is 24.7. The molecule has 2 atom stereocenters. The average Bonchev–Trinajstić information content (AvgIpc) is 3.11. The molecule has 1 fully saturated rings. The van der Waals surface area contributed by atoms with Crippen LogP contribution in [0.2, 0.25) is 0 Å². The average molecular weight is 473 g/mol. The van der Waals surface area contributed by atoms with Gasteiger partial charge in [-0.3, -0.25) is 19.3 Å². The van der Waals surface area contributed by atoms with Crippen molar-refractivity contribution in [2.24, 2.45) is 0 Å². The number of β-lactam (4-membered cyclic amide) rings is 1. The number of benzene rings is 3. The number of carbonyl (C=O) groups is 3. The molecule has 2 aliphatic heterocycles. The number of hydrogen-bond acceptors (Lipinski definition) is 4. The van der Waals surface area contributed by atoms with E-state index in [0.29, 0.717) is 23.6 Å². The molecule has 0 aliphatic carbocycles. The second-order valence-electron chi connectivity index (χ2n) is 8.83. The highest BCUT2D eigenvalue weighted by molar-refractivity contribution is 6.24. The summed E-state index contributed by atoms with van der Waals surface area (Å²) in [5.41, 5.74) is 2.12. The van der Waals surface area contributed by atoms with Crippen LogP contribution in [0.5, 0.6) is 5.75 Å². The van der Waals surface area contributed by atoms with E-state index in [1.54, 1.807) is 55.5 Å². The van der Waals surface area contributed by atoms with Crippen LogP contribution in [0.3, 0.4) is 0 Å². The molecule has 0 aromatic heterocycles. The molecule has 0 radical (unpaired) electrons. The number of nitrogens with zero attached hydrogens (tertiary/aromatic N) is 2. The van der Waals surface area contributed by atoms with E-state index in [1.165, 1.54) is 11.0 Å². The van der Waals surface area contributed by atoms with E-state index in [1.807, 2.05) is 12.1 Å². The lowest BCUT2D eigenvalue weighted by Gasteiger charge is -2.49. The Kier molecular flexibility index (Phi) is 5.84. The van der Waals surface area contributed by atoms with Crippen molar-refractivity contribution in [3.63, 3.8) is 0 Å². The number of amides is 3. The summed E-state index contributed by atoms with van der Waals surface area (Å²) >= 11 is 0. The van der Waals surface area contributed by atoms with Crippen LogP contribution in [0.4, 0.5) is 10.1 Å². The topological polar surface area (TPSA) is 66.9 Å². The summed E-state index contributed by atoms with van der Waals surface area (Å²) in [6, 6.07) is 16.7. The lowest BCUT2D eigenvalue weighted by atomic mass is 9.86. The maximum absolute atomic E-state index is 14.4. The Morgan fingerprint density at radius 3 is 2.11 bits per heavy atom. The molecule has 0 bridgehead atoms. The van der Waals surface area contributed by atoms with Crippen molar-refractivity contribution in [1.29, 1.82) is 0 Å². The maximum Gasteiger partial charge on any atom is 0.262 e. The van der Waals surface area contributed by atoms with Crippen molar-refractivity contribution in [2.45, 2.75) is 38.8 Å². The number of carbonyl (C=O) groups excluding carboxylic acids is 3. The molecule has 2 unspecified atom stereocenters. The molecule has 178 valence electrons. The Labute approximate surface area is 202 Å². The van der Waals surface area contributed by atoms with Crippen LogP contribution in [0.1, 0.15) is 57.7 Å². The third-order valence-corrected chi connectivity index (χ3v) is 6.59. The summed E-state index contributed by atoms with van der Waals surface area (Å²) in [5.74, 6) is -1.17. The van der Waals surface area contributed by atoms with Gasteiger partial charge in [-0.15, -0.1) is 0 Å². The van der Waals surface area contributed by atoms with Crippen molar-refractivity contribution in [3.05, 3.63) is 94.8 Å². The van der Waals surface area contributed by atoms with Gasteiger partial charge in [-0.05, 0) is 60.9 Å². The number of fused-ring (bicyclic) bond motifs is 1. The van der Waals surface area contributed by atoms with E-state index in [-0.39, 0.29) is 11.1 Å². The van der Waals surface area contributed by atoms with Gasteiger partial charge >= 0.3 is 0 Å². The van der Waals surface area contributed by atoms with Crippen molar-refractivity contribution in [1.82, 2.24) is 4.90 Å². The van der Waals surface area contributed by atoms with Gasteiger partial charge in [-0.2, -0.15) is 0 Å². The van der Waals surface area contributed by atoms with Gasteiger partial charge in [0.25, 0.3) is 17.7 Å². The van der Waals surface area contributed by atoms with Crippen LogP contribution in [-0.2, 0) is 4.79 Å². The molecule has 1 saturated heterocycles. The highest BCUT2D eigenvalue weighted by Crippen LogP contribution is 2.44. The molecule has 6 nitrogen and oxygen atoms in total. The van der Waals surface area contributed by atoms with Gasteiger partial charge in [-0.25, -0.2) is 4.39 Å². The molecule has 0 spiro atoms. The van der Waals surface area contributed by atoms with Crippen LogP contribution in [0, 0.1) is 12.7 Å². The third kappa shape index (κ3) is 3.77. The summed E-state index contributed by atoms with van der Waals surface area (Å²) in [6.07, 6.45) is 1.96. The fourth-order valence-corrected chi connectivity index (χ4v) is 4.63. The molecule has 7 heteroatoms. The molecule has 35 heavy (non-hydrogen) atoms. The standard InChI is InChI=1S/C28H25FN2O4/c1-3-4-15-35-20-13-10-18(11-14-20)24-25(28(34)30(24)19-12-9-17(2)23(29)16-19)31-26(32)21-7-5-6-8-22(21)27(31)33/h5-14,16,24-25H,3-4,15H2,1-2H3. The van der Waals surface area contributed by atoms with Crippen molar-refractivity contribution >= 4 is 23.4 Å². The first-order valence-corrected chi connectivity index (χ1v) is 11.7. The minimum atomic E-state index is -1.03. The third-order valence-electron chi connectivity index (χ3n) is 6.59. The molecule has 0 N–H and O–H groups in total. The number of imide groups is 1. The maximum atomic E-state index is 14.4. The van der Waals surface area contributed by atoms with Crippen molar-refractivity contribution < 1.29 is 23.5 Å². The number of hydrogen-bond donors (Lipinski definition) is 0. The largest absolute Gasteiger partial charge is 0.494 e. The van der Waals surface area contributed by atoms with E-state index in [0.717, 1.165) is 23.3 Å². The van der Waals surface area contributed by atoms with Gasteiger partial charge in [-0.1, -0.05) is 43.7 Å². The first-order valence-electron chi connectivity index (χ1n) is 11.7. The second kappa shape index (κ2) is 8.98. The number of aryl methyl sites for hydroxylation is 1. The molecule has 2 aliphatic rings. The highest BCUT2D eigenvalue weighted by Gasteiger charge is 2.57. The monoisotopic (exact) mass is 472 g/mol. The van der Waals surface area contributed by atoms with E-state index >= 15 is 0 Å². The van der Waals surface area contributed by atoms with E-state index < -0.39 is 35.6 Å². The quantitative estimate of drug-likeness (QED) is 0.274. The molecule has 5 rings (SSSR count). The molecule has 0 saturated carbocycles. The molecule has 3 amide bonds. The Morgan fingerprint density at radius 1 is 0.857 bits per heavy atom. The molecular weight excluding hydrogens is 447 g/mol. The first-order chi connectivity index (χ1) is 16.9. The molecule has 3 aromatic carbocycles. The first kappa shape index (κ1) is 22.8. The van der Waals surface area contributed by atoms with Crippen LogP contribution in [-0.4, -0.2) is 35.3 Å². The van der Waals surface area contributed by atoms with E-state index in [4.69, 9.17) is 4.74 Å².